The highest BCUT2D eigenvalue weighted by atomic mass is 16.7. The summed E-state index contributed by atoms with van der Waals surface area (Å²) in [6.45, 7) is 4.32. The van der Waals surface area contributed by atoms with Crippen molar-refractivity contribution in [1.82, 2.24) is 5.32 Å². The van der Waals surface area contributed by atoms with E-state index >= 15 is 0 Å². The van der Waals surface area contributed by atoms with Crippen LogP contribution in [0.15, 0.2) is 24.3 Å². The summed E-state index contributed by atoms with van der Waals surface area (Å²) in [5.74, 6) is -0.184. The summed E-state index contributed by atoms with van der Waals surface area (Å²) in [4.78, 5) is 25.1. The molecule has 0 saturated carbocycles. The summed E-state index contributed by atoms with van der Waals surface area (Å²) < 4.78 is 16.7. The fraction of sp³-hybridized carbons (Fsp3) is 0.908. The average Bonchev–Trinajstić information content (AvgIpc) is 3.42. The third-order valence-electron chi connectivity index (χ3n) is 15.6. The maximum atomic E-state index is 13.0. The number of hydrogen-bond donors (Lipinski definition) is 6. The molecule has 0 aliphatic carbocycles. The van der Waals surface area contributed by atoms with E-state index in [2.05, 4.69) is 31.3 Å². The third-order valence-corrected chi connectivity index (χ3v) is 15.6. The highest BCUT2D eigenvalue weighted by Crippen LogP contribution is 2.23. The van der Waals surface area contributed by atoms with Crippen molar-refractivity contribution in [2.75, 3.05) is 19.8 Å². The number of allylic oxidation sites excluding steroid dienone is 3. The van der Waals surface area contributed by atoms with E-state index < -0.39 is 49.5 Å². The fourth-order valence-corrected chi connectivity index (χ4v) is 10.4. The lowest BCUT2D eigenvalue weighted by Gasteiger charge is -2.40. The molecule has 76 heavy (non-hydrogen) atoms. The van der Waals surface area contributed by atoms with Gasteiger partial charge in [0.15, 0.2) is 6.29 Å². The molecule has 11 nitrogen and oxygen atoms in total. The molecule has 1 rings (SSSR count). The number of ether oxygens (including phenoxy) is 3. The number of nitrogens with one attached hydrogen (secondary N) is 1. The Morgan fingerprint density at radius 1 is 0.474 bits per heavy atom. The van der Waals surface area contributed by atoms with Gasteiger partial charge >= 0.3 is 5.97 Å². The van der Waals surface area contributed by atoms with Gasteiger partial charge in [-0.25, -0.2) is 0 Å². The summed E-state index contributed by atoms with van der Waals surface area (Å²) in [5, 5.41) is 54.2. The van der Waals surface area contributed by atoms with Crippen molar-refractivity contribution in [1.29, 1.82) is 0 Å². The monoisotopic (exact) mass is 1080 g/mol. The molecular formula is C65H123NO10. The largest absolute Gasteiger partial charge is 0.466 e. The van der Waals surface area contributed by atoms with Crippen molar-refractivity contribution in [3.8, 4) is 0 Å². The van der Waals surface area contributed by atoms with Crippen LogP contribution in [0.1, 0.15) is 316 Å². The summed E-state index contributed by atoms with van der Waals surface area (Å²) in [6, 6.07) is -0.807. The highest BCUT2D eigenvalue weighted by molar-refractivity contribution is 5.76. The van der Waals surface area contributed by atoms with Gasteiger partial charge in [-0.3, -0.25) is 9.59 Å². The molecular weight excluding hydrogens is 955 g/mol. The summed E-state index contributed by atoms with van der Waals surface area (Å²) in [5.41, 5.74) is 0. The summed E-state index contributed by atoms with van der Waals surface area (Å²) in [7, 11) is 0. The highest BCUT2D eigenvalue weighted by Gasteiger charge is 2.44. The molecule has 448 valence electrons. The Morgan fingerprint density at radius 3 is 1.26 bits per heavy atom. The Bertz CT molecular complexity index is 1310. The zero-order chi connectivity index (χ0) is 55.2. The minimum Gasteiger partial charge on any atom is -0.466 e. The van der Waals surface area contributed by atoms with Crippen LogP contribution in [-0.4, -0.2) is 100 Å². The van der Waals surface area contributed by atoms with E-state index in [1.54, 1.807) is 6.08 Å². The van der Waals surface area contributed by atoms with Crippen LogP contribution < -0.4 is 5.32 Å². The molecule has 7 unspecified atom stereocenters. The molecule has 11 heteroatoms. The van der Waals surface area contributed by atoms with Crippen LogP contribution in [0.2, 0.25) is 0 Å². The van der Waals surface area contributed by atoms with Crippen LogP contribution in [0.25, 0.3) is 0 Å². The van der Waals surface area contributed by atoms with Crippen molar-refractivity contribution in [3.63, 3.8) is 0 Å². The number of carbonyl (C=O) groups excluding carboxylic acids is 2. The second-order valence-electron chi connectivity index (χ2n) is 22.8. The first-order chi connectivity index (χ1) is 37.2. The molecule has 7 atom stereocenters. The van der Waals surface area contributed by atoms with Crippen LogP contribution in [0, 0.1) is 0 Å². The summed E-state index contributed by atoms with van der Waals surface area (Å²) >= 11 is 0. The van der Waals surface area contributed by atoms with Crippen LogP contribution in [0.4, 0.5) is 0 Å². The SMILES string of the molecule is CCCCCCC/C=C\CCCCCCCC(=O)OCCCCCCCCCCCCCCCCCCCCCCCCCCCC(=O)NC(COC1OC(CO)C(O)C(O)C1O)C(O)/C=C/CCCCCCCCC. The molecule has 0 radical (unpaired) electrons. The van der Waals surface area contributed by atoms with Crippen molar-refractivity contribution in [3.05, 3.63) is 24.3 Å². The van der Waals surface area contributed by atoms with E-state index in [4.69, 9.17) is 14.2 Å². The topological polar surface area (TPSA) is 175 Å². The van der Waals surface area contributed by atoms with E-state index in [9.17, 15) is 35.1 Å². The lowest BCUT2D eigenvalue weighted by atomic mass is 9.99. The Morgan fingerprint density at radius 2 is 0.842 bits per heavy atom. The number of esters is 1. The quantitative estimate of drug-likeness (QED) is 0.0195. The number of aliphatic hydroxyl groups excluding tert-OH is 5. The molecule has 0 bridgehead atoms. The van der Waals surface area contributed by atoms with Crippen molar-refractivity contribution < 1.29 is 49.3 Å². The van der Waals surface area contributed by atoms with Crippen molar-refractivity contribution in [2.24, 2.45) is 0 Å². The van der Waals surface area contributed by atoms with Crippen LogP contribution in [0.5, 0.6) is 0 Å². The van der Waals surface area contributed by atoms with Gasteiger partial charge in [0.1, 0.15) is 24.4 Å². The fourth-order valence-electron chi connectivity index (χ4n) is 10.4. The number of hydrogen-bond acceptors (Lipinski definition) is 10. The van der Waals surface area contributed by atoms with Gasteiger partial charge in [-0.05, 0) is 57.8 Å². The zero-order valence-electron chi connectivity index (χ0n) is 49.5. The van der Waals surface area contributed by atoms with Gasteiger partial charge in [-0.15, -0.1) is 0 Å². The molecule has 1 aliphatic heterocycles. The molecule has 0 spiro atoms. The molecule has 1 aliphatic rings. The first kappa shape index (κ1) is 72.2. The van der Waals surface area contributed by atoms with Gasteiger partial charge in [-0.2, -0.15) is 0 Å². The predicted octanol–water partition coefficient (Wildman–Crippen LogP) is 15.7. The van der Waals surface area contributed by atoms with Crippen LogP contribution in [0.3, 0.4) is 0 Å². The van der Waals surface area contributed by atoms with E-state index in [-0.39, 0.29) is 18.5 Å². The van der Waals surface area contributed by atoms with Crippen LogP contribution >= 0.6 is 0 Å². The lowest BCUT2D eigenvalue weighted by molar-refractivity contribution is -0.302. The Kier molecular flexibility index (Phi) is 52.3. The lowest BCUT2D eigenvalue weighted by Crippen LogP contribution is -2.60. The standard InChI is InChI=1S/C65H123NO10/c1-3-5-7-9-11-13-14-15-30-33-37-41-45-49-53-61(70)74-54-50-46-42-38-34-31-28-26-24-22-20-18-16-17-19-21-23-25-27-29-32-36-40-44-48-52-60(69)66-57(58(68)51-47-43-39-35-12-10-8-6-4-2)56-75-65-64(73)63(72)62(71)59(55-67)76-65/h14-15,47,51,57-59,62-65,67-68,71-73H,3-13,16-46,48-50,52-56H2,1-2H3,(H,66,69)/b15-14-,51-47+. The Hall–Kier alpha value is -1.86. The smallest absolute Gasteiger partial charge is 0.305 e. The predicted molar refractivity (Wildman–Crippen MR) is 315 cm³/mol. The zero-order valence-corrected chi connectivity index (χ0v) is 49.5. The number of amides is 1. The average molecular weight is 1080 g/mol. The third kappa shape index (κ3) is 44.0. The minimum absolute atomic E-state index is 0.00251. The van der Waals surface area contributed by atoms with Gasteiger partial charge in [0.25, 0.3) is 0 Å². The van der Waals surface area contributed by atoms with E-state index in [1.807, 2.05) is 6.08 Å². The molecule has 0 aromatic heterocycles. The van der Waals surface area contributed by atoms with E-state index in [0.29, 0.717) is 19.4 Å². The van der Waals surface area contributed by atoms with Gasteiger partial charge in [0.05, 0.1) is 32.0 Å². The number of carbonyl (C=O) groups is 2. The first-order valence-corrected chi connectivity index (χ1v) is 32.6. The Labute approximate surface area is 467 Å². The van der Waals surface area contributed by atoms with Crippen molar-refractivity contribution in [2.45, 2.75) is 358 Å². The molecule has 1 heterocycles. The molecule has 0 aromatic rings. The molecule has 6 N–H and O–H groups in total. The van der Waals surface area contributed by atoms with E-state index in [1.165, 1.54) is 231 Å². The number of rotatable bonds is 57. The van der Waals surface area contributed by atoms with Crippen LogP contribution in [-0.2, 0) is 23.8 Å². The van der Waals surface area contributed by atoms with Gasteiger partial charge in [0, 0.05) is 12.8 Å². The van der Waals surface area contributed by atoms with E-state index in [0.717, 1.165) is 57.8 Å². The summed E-state index contributed by atoms with van der Waals surface area (Å²) in [6.07, 6.45) is 57.3. The van der Waals surface area contributed by atoms with Gasteiger partial charge in [-0.1, -0.05) is 269 Å². The minimum atomic E-state index is -1.57. The van der Waals surface area contributed by atoms with Gasteiger partial charge in [0.2, 0.25) is 5.91 Å². The second kappa shape index (κ2) is 55.1. The van der Waals surface area contributed by atoms with Crippen molar-refractivity contribution >= 4 is 11.9 Å². The first-order valence-electron chi connectivity index (χ1n) is 32.6. The molecule has 1 fully saturated rings. The maximum absolute atomic E-state index is 13.0. The molecule has 0 aromatic carbocycles. The maximum Gasteiger partial charge on any atom is 0.305 e. The Balaban J connectivity index is 1.94. The molecule has 1 saturated heterocycles. The number of aliphatic hydroxyl groups is 5. The van der Waals surface area contributed by atoms with Gasteiger partial charge < -0.3 is 45.1 Å². The normalized spacial score (nSPS) is 18.8. The number of unbranched alkanes of at least 4 members (excludes halogenated alkanes) is 41. The molecule has 1 amide bonds. The second-order valence-corrected chi connectivity index (χ2v) is 22.8.